The minimum Gasteiger partial charge on any atom is -0.493 e. The van der Waals surface area contributed by atoms with Crippen molar-refractivity contribution in [1.82, 2.24) is 0 Å². The van der Waals surface area contributed by atoms with Crippen LogP contribution in [0.5, 0.6) is 34.5 Å². The third-order valence-electron chi connectivity index (χ3n) is 7.52. The molecular weight excluding hydrogens is 548 g/mol. The maximum absolute atomic E-state index is 6.78. The maximum atomic E-state index is 6.78. The quantitative estimate of drug-likeness (QED) is 0.412. The second-order valence-electron chi connectivity index (χ2n) is 11.0. The first-order valence-corrected chi connectivity index (χ1v) is 13.7. The van der Waals surface area contributed by atoms with E-state index in [2.05, 4.69) is 0 Å². The summed E-state index contributed by atoms with van der Waals surface area (Å²) in [6.45, 7) is 7.87. The molecule has 0 aromatic heterocycles. The molecule has 0 amide bonds. The lowest BCUT2D eigenvalue weighted by molar-refractivity contribution is -0.187. The first-order chi connectivity index (χ1) is 20.0. The monoisotopic (exact) mass is 588 g/mol. The van der Waals surface area contributed by atoms with Crippen LogP contribution in [0.2, 0.25) is 0 Å². The summed E-state index contributed by atoms with van der Waals surface area (Å²) in [7, 11) is 9.40. The molecule has 4 atom stereocenters. The number of hydrogen-bond acceptors (Lipinski definition) is 11. The Balaban J connectivity index is 1.78. The Morgan fingerprint density at radius 3 is 1.48 bits per heavy atom. The molecule has 0 aliphatic carbocycles. The summed E-state index contributed by atoms with van der Waals surface area (Å²) in [4.78, 5) is 0. The Labute approximate surface area is 246 Å². The zero-order chi connectivity index (χ0) is 30.4. The Bertz CT molecular complexity index is 1230. The third kappa shape index (κ3) is 5.30. The van der Waals surface area contributed by atoms with Crippen molar-refractivity contribution >= 4 is 5.57 Å². The Morgan fingerprint density at radius 1 is 0.619 bits per heavy atom. The highest BCUT2D eigenvalue weighted by Crippen LogP contribution is 2.50. The summed E-state index contributed by atoms with van der Waals surface area (Å²) in [5.41, 5.74) is 2.11. The van der Waals surface area contributed by atoms with Crippen molar-refractivity contribution in [3.05, 3.63) is 41.2 Å². The summed E-state index contributed by atoms with van der Waals surface area (Å²) in [5.74, 6) is 1.75. The Kier molecular flexibility index (Phi) is 8.14. The van der Waals surface area contributed by atoms with Crippen molar-refractivity contribution in [3.63, 3.8) is 0 Å². The van der Waals surface area contributed by atoms with E-state index in [0.29, 0.717) is 63.6 Å². The van der Waals surface area contributed by atoms with Crippen molar-refractivity contribution in [2.45, 2.75) is 63.7 Å². The van der Waals surface area contributed by atoms with Crippen molar-refractivity contribution in [2.75, 3.05) is 49.3 Å². The van der Waals surface area contributed by atoms with E-state index in [-0.39, 0.29) is 6.10 Å². The van der Waals surface area contributed by atoms with Gasteiger partial charge in [0.05, 0.1) is 49.3 Å². The van der Waals surface area contributed by atoms with Gasteiger partial charge in [-0.15, -0.1) is 0 Å². The molecular formula is C31H40O11. The van der Waals surface area contributed by atoms with E-state index in [1.165, 1.54) is 0 Å². The standard InChI is InChI=1S/C31H40O11/c1-30(2)38-15-22(40-30)26-28-29(42-31(3,4)41-28)27(39-26)23(16-11-18(32-5)24(36-9)19(12-16)33-6)17-13-20(34-7)25(37-10)21(14-17)35-8/h11-14,22,26,28-29H,15H2,1-10H3/t22-,26+,28-,29+/m1/s1. The van der Waals surface area contributed by atoms with Gasteiger partial charge in [0.25, 0.3) is 0 Å². The first-order valence-electron chi connectivity index (χ1n) is 13.7. The van der Waals surface area contributed by atoms with Crippen molar-refractivity contribution in [2.24, 2.45) is 0 Å². The number of methoxy groups -OCH3 is 6. The highest BCUT2D eigenvalue weighted by atomic mass is 16.8. The van der Waals surface area contributed by atoms with Crippen LogP contribution in [0.25, 0.3) is 5.57 Å². The van der Waals surface area contributed by atoms with Gasteiger partial charge in [-0.1, -0.05) is 0 Å². The van der Waals surface area contributed by atoms with Crippen LogP contribution < -0.4 is 28.4 Å². The fraction of sp³-hybridized carbons (Fsp3) is 0.548. The molecule has 3 aliphatic heterocycles. The molecule has 0 spiro atoms. The van der Waals surface area contributed by atoms with Gasteiger partial charge >= 0.3 is 0 Å². The number of hydrogen-bond donors (Lipinski definition) is 0. The largest absolute Gasteiger partial charge is 0.493 e. The van der Waals surface area contributed by atoms with Crippen LogP contribution in [0.1, 0.15) is 38.8 Å². The number of rotatable bonds is 9. The lowest BCUT2D eigenvalue weighted by Crippen LogP contribution is -2.40. The lowest BCUT2D eigenvalue weighted by Gasteiger charge is -2.27. The van der Waals surface area contributed by atoms with Crippen LogP contribution in [0, 0.1) is 0 Å². The molecule has 0 unspecified atom stereocenters. The average molecular weight is 589 g/mol. The van der Waals surface area contributed by atoms with E-state index in [1.807, 2.05) is 52.0 Å². The number of ether oxygens (including phenoxy) is 11. The van der Waals surface area contributed by atoms with Gasteiger partial charge < -0.3 is 52.1 Å². The van der Waals surface area contributed by atoms with Gasteiger partial charge in [0.15, 0.2) is 40.7 Å². The zero-order valence-corrected chi connectivity index (χ0v) is 25.8. The molecule has 11 nitrogen and oxygen atoms in total. The van der Waals surface area contributed by atoms with E-state index in [1.54, 1.807) is 42.7 Å². The Hall–Kier alpha value is -3.38. The van der Waals surface area contributed by atoms with Gasteiger partial charge in [0, 0.05) is 5.57 Å². The van der Waals surface area contributed by atoms with Crippen molar-refractivity contribution < 1.29 is 52.1 Å². The average Bonchev–Trinajstić information content (AvgIpc) is 3.60. The molecule has 0 radical (unpaired) electrons. The smallest absolute Gasteiger partial charge is 0.203 e. The fourth-order valence-electron chi connectivity index (χ4n) is 5.78. The molecule has 5 rings (SSSR count). The molecule has 3 aliphatic rings. The second-order valence-corrected chi connectivity index (χ2v) is 11.0. The molecule has 3 saturated heterocycles. The summed E-state index contributed by atoms with van der Waals surface area (Å²) in [6.07, 6.45) is -1.92. The predicted octanol–water partition coefficient (Wildman–Crippen LogP) is 4.57. The summed E-state index contributed by atoms with van der Waals surface area (Å²) >= 11 is 0. The van der Waals surface area contributed by atoms with E-state index >= 15 is 0 Å². The molecule has 42 heavy (non-hydrogen) atoms. The van der Waals surface area contributed by atoms with Gasteiger partial charge in [-0.3, -0.25) is 0 Å². The van der Waals surface area contributed by atoms with Crippen LogP contribution in [0.4, 0.5) is 0 Å². The predicted molar refractivity (Wildman–Crippen MR) is 152 cm³/mol. The molecule has 230 valence electrons. The van der Waals surface area contributed by atoms with Crippen LogP contribution in [-0.2, 0) is 23.7 Å². The lowest BCUT2D eigenvalue weighted by atomic mass is 9.93. The fourth-order valence-corrected chi connectivity index (χ4v) is 5.78. The first kappa shape index (κ1) is 30.1. The topological polar surface area (TPSA) is 102 Å². The third-order valence-corrected chi connectivity index (χ3v) is 7.52. The van der Waals surface area contributed by atoms with E-state index in [4.69, 9.17) is 52.1 Å². The molecule has 3 fully saturated rings. The normalized spacial score (nSPS) is 25.4. The van der Waals surface area contributed by atoms with Gasteiger partial charge in [0.2, 0.25) is 11.5 Å². The Morgan fingerprint density at radius 2 is 1.10 bits per heavy atom. The van der Waals surface area contributed by atoms with Gasteiger partial charge in [-0.25, -0.2) is 0 Å². The van der Waals surface area contributed by atoms with Gasteiger partial charge in [0.1, 0.15) is 24.1 Å². The van der Waals surface area contributed by atoms with E-state index in [9.17, 15) is 0 Å². The maximum Gasteiger partial charge on any atom is 0.203 e. The number of fused-ring (bicyclic) bond motifs is 1. The SMILES string of the molecule is COc1cc(C(=C2O[C@@H]([C@H]3COC(C)(C)O3)[C@H]3OC(C)(C)O[C@@H]23)c2cc(OC)c(OC)c(OC)c2)cc(OC)c1OC. The van der Waals surface area contributed by atoms with Crippen LogP contribution >= 0.6 is 0 Å². The molecule has 3 heterocycles. The van der Waals surface area contributed by atoms with Gasteiger partial charge in [-0.2, -0.15) is 0 Å². The van der Waals surface area contributed by atoms with Crippen molar-refractivity contribution in [3.8, 4) is 34.5 Å². The number of benzene rings is 2. The molecule has 0 bridgehead atoms. The van der Waals surface area contributed by atoms with Gasteiger partial charge in [-0.05, 0) is 63.1 Å². The highest BCUT2D eigenvalue weighted by Gasteiger charge is 2.58. The molecule has 0 saturated carbocycles. The van der Waals surface area contributed by atoms with Crippen LogP contribution in [-0.4, -0.2) is 85.3 Å². The second kappa shape index (κ2) is 11.4. The zero-order valence-electron chi connectivity index (χ0n) is 25.8. The molecule has 0 N–H and O–H groups in total. The highest BCUT2D eigenvalue weighted by molar-refractivity contribution is 5.86. The summed E-state index contributed by atoms with van der Waals surface area (Å²) < 4.78 is 65.8. The molecule has 11 heteroatoms. The summed E-state index contributed by atoms with van der Waals surface area (Å²) in [6, 6.07) is 7.44. The van der Waals surface area contributed by atoms with E-state index < -0.39 is 29.9 Å². The van der Waals surface area contributed by atoms with Crippen LogP contribution in [0.3, 0.4) is 0 Å². The molecule has 2 aromatic carbocycles. The molecule has 2 aromatic rings. The van der Waals surface area contributed by atoms with Crippen LogP contribution in [0.15, 0.2) is 30.0 Å². The summed E-state index contributed by atoms with van der Waals surface area (Å²) in [5, 5.41) is 0. The minimum atomic E-state index is -0.868. The van der Waals surface area contributed by atoms with Crippen molar-refractivity contribution in [1.29, 1.82) is 0 Å². The minimum absolute atomic E-state index is 0.349. The van der Waals surface area contributed by atoms with E-state index in [0.717, 1.165) is 0 Å².